The van der Waals surface area contributed by atoms with E-state index in [2.05, 4.69) is 10.6 Å². The molecule has 2 aromatic rings. The van der Waals surface area contributed by atoms with E-state index in [-0.39, 0.29) is 11.8 Å². The third-order valence-electron chi connectivity index (χ3n) is 4.19. The van der Waals surface area contributed by atoms with E-state index in [4.69, 9.17) is 16.3 Å². The number of nitrogens with one attached hydrogen (secondary N) is 2. The van der Waals surface area contributed by atoms with Gasteiger partial charge in [0, 0.05) is 28.6 Å². The van der Waals surface area contributed by atoms with Gasteiger partial charge in [0.05, 0.1) is 6.61 Å². The van der Waals surface area contributed by atoms with Gasteiger partial charge in [0.2, 0.25) is 0 Å². The number of carbonyl (C=O) groups is 2. The van der Waals surface area contributed by atoms with Crippen LogP contribution in [-0.2, 0) is 16.0 Å². The summed E-state index contributed by atoms with van der Waals surface area (Å²) in [5, 5.41) is 6.40. The van der Waals surface area contributed by atoms with E-state index < -0.39 is 0 Å². The fourth-order valence-corrected chi connectivity index (χ4v) is 3.82. The number of benzene rings is 2. The molecule has 0 aliphatic carbocycles. The van der Waals surface area contributed by atoms with Crippen molar-refractivity contribution in [3.63, 3.8) is 0 Å². The third kappa shape index (κ3) is 5.30. The first-order chi connectivity index (χ1) is 13.5. The number of carbonyl (C=O) groups excluding carboxylic acids is 2. The van der Waals surface area contributed by atoms with E-state index in [1.807, 2.05) is 24.3 Å². The van der Waals surface area contributed by atoms with Gasteiger partial charge in [0.15, 0.2) is 0 Å². The number of thioether (sulfide) groups is 1. The van der Waals surface area contributed by atoms with E-state index in [1.54, 1.807) is 31.2 Å². The summed E-state index contributed by atoms with van der Waals surface area (Å²) in [4.78, 5) is 25.4. The van der Waals surface area contributed by atoms with Crippen LogP contribution in [0.5, 0.6) is 0 Å². The minimum absolute atomic E-state index is 0.200. The Labute approximate surface area is 173 Å². The standard InChI is InChI=1S/C21H21ClN2O3S/c1-14-19(28-12-11-27-14)21(26)24-17-7-4-6-16(13-17)20(25)23-10-9-15-5-2-3-8-18(15)22/h2-8,13H,9-12H2,1H3,(H,23,25)(H,24,26). The van der Waals surface area contributed by atoms with Gasteiger partial charge in [-0.1, -0.05) is 35.9 Å². The summed E-state index contributed by atoms with van der Waals surface area (Å²) in [6.07, 6.45) is 0.645. The van der Waals surface area contributed by atoms with Gasteiger partial charge in [-0.3, -0.25) is 9.59 Å². The first kappa shape index (κ1) is 20.3. The van der Waals surface area contributed by atoms with E-state index in [9.17, 15) is 9.59 Å². The van der Waals surface area contributed by atoms with Crippen LogP contribution in [0.1, 0.15) is 22.8 Å². The minimum Gasteiger partial charge on any atom is -0.496 e. The maximum atomic E-state index is 12.4. The smallest absolute Gasteiger partial charge is 0.265 e. The van der Waals surface area contributed by atoms with E-state index in [0.29, 0.717) is 46.5 Å². The molecule has 1 heterocycles. The summed E-state index contributed by atoms with van der Waals surface area (Å²) in [7, 11) is 0. The predicted octanol–water partition coefficient (Wildman–Crippen LogP) is 4.25. The van der Waals surface area contributed by atoms with Gasteiger partial charge in [-0.05, 0) is 43.2 Å². The molecule has 5 nitrogen and oxygen atoms in total. The number of allylic oxidation sites excluding steroid dienone is 1. The van der Waals surface area contributed by atoms with Crippen LogP contribution < -0.4 is 10.6 Å². The zero-order valence-corrected chi connectivity index (χ0v) is 17.0. The summed E-state index contributed by atoms with van der Waals surface area (Å²) in [6, 6.07) is 14.4. The number of anilines is 1. The van der Waals surface area contributed by atoms with E-state index >= 15 is 0 Å². The number of rotatable bonds is 6. The molecule has 7 heteroatoms. The average molecular weight is 417 g/mol. The van der Waals surface area contributed by atoms with Crippen LogP contribution in [0.25, 0.3) is 0 Å². The summed E-state index contributed by atoms with van der Waals surface area (Å²) in [6.45, 7) is 2.86. The van der Waals surface area contributed by atoms with Gasteiger partial charge in [-0.25, -0.2) is 0 Å². The zero-order valence-electron chi connectivity index (χ0n) is 15.5. The molecule has 0 atom stereocenters. The fourth-order valence-electron chi connectivity index (χ4n) is 2.77. The van der Waals surface area contributed by atoms with Crippen molar-refractivity contribution in [2.45, 2.75) is 13.3 Å². The van der Waals surface area contributed by atoms with Crippen molar-refractivity contribution in [3.8, 4) is 0 Å². The van der Waals surface area contributed by atoms with Crippen LogP contribution in [0.2, 0.25) is 5.02 Å². The molecule has 2 N–H and O–H groups in total. The van der Waals surface area contributed by atoms with Crippen molar-refractivity contribution >= 4 is 40.9 Å². The molecule has 0 radical (unpaired) electrons. The molecule has 1 aliphatic heterocycles. The number of hydrogen-bond donors (Lipinski definition) is 2. The van der Waals surface area contributed by atoms with Crippen LogP contribution in [0.3, 0.4) is 0 Å². The van der Waals surface area contributed by atoms with Gasteiger partial charge >= 0.3 is 0 Å². The molecule has 0 aromatic heterocycles. The molecule has 0 saturated heterocycles. The topological polar surface area (TPSA) is 67.4 Å². The minimum atomic E-state index is -0.224. The number of hydrogen-bond acceptors (Lipinski definition) is 4. The number of halogens is 1. The highest BCUT2D eigenvalue weighted by Gasteiger charge is 2.19. The van der Waals surface area contributed by atoms with Crippen molar-refractivity contribution in [1.82, 2.24) is 5.32 Å². The Morgan fingerprint density at radius 3 is 2.75 bits per heavy atom. The Morgan fingerprint density at radius 1 is 1.14 bits per heavy atom. The molecule has 0 saturated carbocycles. The summed E-state index contributed by atoms with van der Waals surface area (Å²) < 4.78 is 5.42. The van der Waals surface area contributed by atoms with Crippen LogP contribution >= 0.6 is 23.4 Å². The van der Waals surface area contributed by atoms with Gasteiger partial charge < -0.3 is 15.4 Å². The summed E-state index contributed by atoms with van der Waals surface area (Å²) in [5.41, 5.74) is 2.03. The van der Waals surface area contributed by atoms with Crippen LogP contribution in [-0.4, -0.2) is 30.7 Å². The lowest BCUT2D eigenvalue weighted by molar-refractivity contribution is -0.112. The second kappa shape index (κ2) is 9.66. The lowest BCUT2D eigenvalue weighted by atomic mass is 10.1. The first-order valence-corrected chi connectivity index (χ1v) is 10.3. The highest BCUT2D eigenvalue weighted by atomic mass is 35.5. The Bertz CT molecular complexity index is 914. The number of amides is 2. The quantitative estimate of drug-likeness (QED) is 0.738. The number of ether oxygens (including phenoxy) is 1. The second-order valence-corrected chi connectivity index (χ2v) is 7.73. The fraction of sp³-hybridized carbons (Fsp3) is 0.238. The van der Waals surface area contributed by atoms with Crippen LogP contribution in [0.15, 0.2) is 59.2 Å². The molecule has 3 rings (SSSR count). The summed E-state index contributed by atoms with van der Waals surface area (Å²) >= 11 is 7.60. The van der Waals surface area contributed by atoms with Crippen molar-refractivity contribution in [2.75, 3.05) is 24.2 Å². The summed E-state index contributed by atoms with van der Waals surface area (Å²) in [5.74, 6) is 0.947. The molecule has 0 bridgehead atoms. The molecule has 0 fully saturated rings. The molecule has 2 aromatic carbocycles. The molecule has 1 aliphatic rings. The van der Waals surface area contributed by atoms with Crippen LogP contribution in [0.4, 0.5) is 5.69 Å². The van der Waals surface area contributed by atoms with Gasteiger partial charge in [0.25, 0.3) is 11.8 Å². The molecule has 0 spiro atoms. The predicted molar refractivity (Wildman–Crippen MR) is 114 cm³/mol. The maximum Gasteiger partial charge on any atom is 0.265 e. The molecule has 146 valence electrons. The van der Waals surface area contributed by atoms with Gasteiger partial charge in [0.1, 0.15) is 10.7 Å². The molecule has 0 unspecified atom stereocenters. The molecular formula is C21H21ClN2O3S. The average Bonchev–Trinajstić information content (AvgIpc) is 2.70. The normalized spacial score (nSPS) is 13.6. The monoisotopic (exact) mass is 416 g/mol. The van der Waals surface area contributed by atoms with Crippen molar-refractivity contribution in [2.24, 2.45) is 0 Å². The molecular weight excluding hydrogens is 396 g/mol. The molecule has 2 amide bonds. The zero-order chi connectivity index (χ0) is 19.9. The molecule has 28 heavy (non-hydrogen) atoms. The largest absolute Gasteiger partial charge is 0.496 e. The van der Waals surface area contributed by atoms with Crippen LogP contribution in [0, 0.1) is 0 Å². The lowest BCUT2D eigenvalue weighted by Crippen LogP contribution is -2.26. The lowest BCUT2D eigenvalue weighted by Gasteiger charge is -2.18. The first-order valence-electron chi connectivity index (χ1n) is 8.94. The highest BCUT2D eigenvalue weighted by molar-refractivity contribution is 8.04. The van der Waals surface area contributed by atoms with Crippen molar-refractivity contribution in [1.29, 1.82) is 0 Å². The second-order valence-electron chi connectivity index (χ2n) is 6.21. The van der Waals surface area contributed by atoms with E-state index in [0.717, 1.165) is 11.3 Å². The Hall–Kier alpha value is -2.44. The maximum absolute atomic E-state index is 12.4. The Kier molecular flexibility index (Phi) is 7.01. The van der Waals surface area contributed by atoms with Gasteiger partial charge in [-0.15, -0.1) is 11.8 Å². The Morgan fingerprint density at radius 2 is 1.96 bits per heavy atom. The Balaban J connectivity index is 1.58. The van der Waals surface area contributed by atoms with Crippen molar-refractivity contribution in [3.05, 3.63) is 75.3 Å². The SMILES string of the molecule is CC1=C(C(=O)Nc2cccc(C(=O)NCCc3ccccc3Cl)c2)SCCO1. The third-order valence-corrected chi connectivity index (χ3v) is 5.70. The highest BCUT2D eigenvalue weighted by Crippen LogP contribution is 2.26. The van der Waals surface area contributed by atoms with Crippen molar-refractivity contribution < 1.29 is 14.3 Å². The van der Waals surface area contributed by atoms with E-state index in [1.165, 1.54) is 11.8 Å². The van der Waals surface area contributed by atoms with Gasteiger partial charge in [-0.2, -0.15) is 0 Å².